The smallest absolute Gasteiger partial charge is 0.111 e. The second kappa shape index (κ2) is 7.90. The fourth-order valence-corrected chi connectivity index (χ4v) is 3.17. The standard InChI is InChI=1S/C18H24N2O2S/c1-15-2-4-16(5-3-15)17(14-19-6-10-21-11-7-19)18(23)20-8-12-22-13-9-20/h2-5,14H,6-13H2,1H3/b17-14-. The first kappa shape index (κ1) is 16.4. The summed E-state index contributed by atoms with van der Waals surface area (Å²) in [6.45, 7) is 8.73. The maximum atomic E-state index is 5.82. The Bertz CT molecular complexity index is 559. The predicted octanol–water partition coefficient (Wildman–Crippen LogP) is 2.33. The van der Waals surface area contributed by atoms with Crippen LogP contribution in [-0.4, -0.2) is 67.4 Å². The molecule has 0 saturated carbocycles. The summed E-state index contributed by atoms with van der Waals surface area (Å²) in [4.78, 5) is 5.49. The van der Waals surface area contributed by atoms with Crippen LogP contribution in [0.5, 0.6) is 0 Å². The lowest BCUT2D eigenvalue weighted by Gasteiger charge is -2.32. The van der Waals surface area contributed by atoms with Crippen LogP contribution in [0.4, 0.5) is 0 Å². The minimum Gasteiger partial charge on any atom is -0.378 e. The van der Waals surface area contributed by atoms with Crippen molar-refractivity contribution in [1.82, 2.24) is 9.80 Å². The first-order valence-corrected chi connectivity index (χ1v) is 8.62. The number of rotatable bonds is 3. The summed E-state index contributed by atoms with van der Waals surface area (Å²) >= 11 is 5.82. The van der Waals surface area contributed by atoms with E-state index in [1.807, 2.05) is 0 Å². The topological polar surface area (TPSA) is 24.9 Å². The summed E-state index contributed by atoms with van der Waals surface area (Å²) in [5.41, 5.74) is 3.57. The lowest BCUT2D eigenvalue weighted by Crippen LogP contribution is -2.41. The van der Waals surface area contributed by atoms with Crippen LogP contribution in [-0.2, 0) is 9.47 Å². The van der Waals surface area contributed by atoms with Crippen molar-refractivity contribution in [2.45, 2.75) is 6.92 Å². The lowest BCUT2D eigenvalue weighted by molar-refractivity contribution is 0.0595. The van der Waals surface area contributed by atoms with Crippen molar-refractivity contribution in [2.24, 2.45) is 0 Å². The molecular weight excluding hydrogens is 308 g/mol. The zero-order valence-electron chi connectivity index (χ0n) is 13.7. The maximum absolute atomic E-state index is 5.82. The number of hydrogen-bond donors (Lipinski definition) is 0. The van der Waals surface area contributed by atoms with E-state index in [9.17, 15) is 0 Å². The van der Waals surface area contributed by atoms with Crippen molar-refractivity contribution >= 4 is 22.8 Å². The van der Waals surface area contributed by atoms with Gasteiger partial charge in [0, 0.05) is 38.0 Å². The molecule has 3 rings (SSSR count). The van der Waals surface area contributed by atoms with E-state index in [0.29, 0.717) is 0 Å². The van der Waals surface area contributed by atoms with Crippen LogP contribution >= 0.6 is 12.2 Å². The maximum Gasteiger partial charge on any atom is 0.111 e. The molecule has 2 fully saturated rings. The number of ether oxygens (including phenoxy) is 2. The average molecular weight is 332 g/mol. The molecule has 0 spiro atoms. The summed E-state index contributed by atoms with van der Waals surface area (Å²) < 4.78 is 10.9. The van der Waals surface area contributed by atoms with E-state index < -0.39 is 0 Å². The monoisotopic (exact) mass is 332 g/mol. The van der Waals surface area contributed by atoms with Crippen molar-refractivity contribution in [2.75, 3.05) is 52.6 Å². The SMILES string of the molecule is Cc1ccc(/C(=C/N2CCOCC2)C(=S)N2CCOCC2)cc1. The number of aryl methyl sites for hydroxylation is 1. The van der Waals surface area contributed by atoms with Gasteiger partial charge in [0.05, 0.1) is 26.4 Å². The lowest BCUT2D eigenvalue weighted by atomic mass is 10.0. The molecule has 0 radical (unpaired) electrons. The minimum atomic E-state index is 0.749. The molecule has 124 valence electrons. The van der Waals surface area contributed by atoms with Crippen LogP contribution in [0.1, 0.15) is 11.1 Å². The van der Waals surface area contributed by atoms with Gasteiger partial charge in [0.25, 0.3) is 0 Å². The van der Waals surface area contributed by atoms with Gasteiger partial charge in [0.15, 0.2) is 0 Å². The van der Waals surface area contributed by atoms with Crippen LogP contribution in [0.25, 0.3) is 5.57 Å². The molecule has 0 aliphatic carbocycles. The molecule has 0 bridgehead atoms. The molecule has 2 aliphatic heterocycles. The number of morpholine rings is 2. The fraction of sp³-hybridized carbons (Fsp3) is 0.500. The molecule has 5 heteroatoms. The third-order valence-electron chi connectivity index (χ3n) is 4.25. The van der Waals surface area contributed by atoms with E-state index in [-0.39, 0.29) is 0 Å². The molecule has 0 amide bonds. The second-order valence-corrected chi connectivity index (χ2v) is 6.35. The molecule has 23 heavy (non-hydrogen) atoms. The molecule has 2 heterocycles. The number of hydrogen-bond acceptors (Lipinski definition) is 4. The third kappa shape index (κ3) is 4.31. The summed E-state index contributed by atoms with van der Waals surface area (Å²) in [5, 5.41) is 0. The Labute approximate surface area is 143 Å². The summed E-state index contributed by atoms with van der Waals surface area (Å²) in [6.07, 6.45) is 2.21. The molecule has 0 atom stereocenters. The summed E-state index contributed by atoms with van der Waals surface area (Å²) in [6, 6.07) is 8.61. The van der Waals surface area contributed by atoms with Crippen molar-refractivity contribution in [1.29, 1.82) is 0 Å². The highest BCUT2D eigenvalue weighted by atomic mass is 32.1. The quantitative estimate of drug-likeness (QED) is 0.625. The van der Waals surface area contributed by atoms with Gasteiger partial charge >= 0.3 is 0 Å². The molecule has 1 aromatic carbocycles. The summed E-state index contributed by atoms with van der Waals surface area (Å²) in [5.74, 6) is 0. The molecule has 2 saturated heterocycles. The normalized spacial score (nSPS) is 19.8. The highest BCUT2D eigenvalue weighted by Crippen LogP contribution is 2.21. The van der Waals surface area contributed by atoms with Crippen LogP contribution in [0.2, 0.25) is 0 Å². The van der Waals surface area contributed by atoms with Gasteiger partial charge in [-0.1, -0.05) is 42.0 Å². The molecule has 4 nitrogen and oxygen atoms in total. The third-order valence-corrected chi connectivity index (χ3v) is 4.73. The van der Waals surface area contributed by atoms with Gasteiger partial charge in [0.1, 0.15) is 4.99 Å². The van der Waals surface area contributed by atoms with E-state index in [1.54, 1.807) is 0 Å². The highest BCUT2D eigenvalue weighted by molar-refractivity contribution is 7.81. The largest absolute Gasteiger partial charge is 0.378 e. The first-order valence-electron chi connectivity index (χ1n) is 8.22. The molecule has 2 aliphatic rings. The highest BCUT2D eigenvalue weighted by Gasteiger charge is 2.19. The molecule has 0 aromatic heterocycles. The van der Waals surface area contributed by atoms with Gasteiger partial charge in [-0.15, -0.1) is 0 Å². The molecule has 0 N–H and O–H groups in total. The van der Waals surface area contributed by atoms with Gasteiger partial charge in [-0.25, -0.2) is 0 Å². The van der Waals surface area contributed by atoms with E-state index in [0.717, 1.165) is 63.2 Å². The van der Waals surface area contributed by atoms with E-state index >= 15 is 0 Å². The van der Waals surface area contributed by atoms with Gasteiger partial charge in [-0.2, -0.15) is 0 Å². The van der Waals surface area contributed by atoms with E-state index in [2.05, 4.69) is 47.2 Å². The van der Waals surface area contributed by atoms with Crippen molar-refractivity contribution in [3.05, 3.63) is 41.6 Å². The van der Waals surface area contributed by atoms with Gasteiger partial charge in [0.2, 0.25) is 0 Å². The van der Waals surface area contributed by atoms with Gasteiger partial charge in [-0.05, 0) is 12.5 Å². The Morgan fingerprint density at radius 2 is 1.52 bits per heavy atom. The Morgan fingerprint density at radius 1 is 0.957 bits per heavy atom. The number of nitrogens with zero attached hydrogens (tertiary/aromatic N) is 2. The van der Waals surface area contributed by atoms with Gasteiger partial charge in [-0.3, -0.25) is 0 Å². The number of thiocarbonyl (C=S) groups is 1. The Kier molecular flexibility index (Phi) is 5.65. The van der Waals surface area contributed by atoms with Crippen molar-refractivity contribution in [3.8, 4) is 0 Å². The minimum absolute atomic E-state index is 0.749. The molecule has 1 aromatic rings. The van der Waals surface area contributed by atoms with Gasteiger partial charge < -0.3 is 19.3 Å². The fourth-order valence-electron chi connectivity index (χ4n) is 2.81. The van der Waals surface area contributed by atoms with Crippen molar-refractivity contribution in [3.63, 3.8) is 0 Å². The second-order valence-electron chi connectivity index (χ2n) is 5.96. The van der Waals surface area contributed by atoms with Crippen LogP contribution < -0.4 is 0 Å². The van der Waals surface area contributed by atoms with Crippen LogP contribution in [0.15, 0.2) is 30.5 Å². The van der Waals surface area contributed by atoms with Crippen LogP contribution in [0.3, 0.4) is 0 Å². The first-order chi connectivity index (χ1) is 11.2. The zero-order valence-corrected chi connectivity index (χ0v) is 14.5. The Balaban J connectivity index is 1.86. The zero-order chi connectivity index (χ0) is 16.1. The Hall–Kier alpha value is -1.43. The predicted molar refractivity (Wildman–Crippen MR) is 96.5 cm³/mol. The Morgan fingerprint density at radius 3 is 2.13 bits per heavy atom. The van der Waals surface area contributed by atoms with Crippen LogP contribution in [0, 0.1) is 6.92 Å². The molecular formula is C18H24N2O2S. The van der Waals surface area contributed by atoms with E-state index in [4.69, 9.17) is 21.7 Å². The van der Waals surface area contributed by atoms with E-state index in [1.165, 1.54) is 11.1 Å². The number of benzene rings is 1. The average Bonchev–Trinajstić information content (AvgIpc) is 2.62. The molecule has 0 unspecified atom stereocenters. The van der Waals surface area contributed by atoms with Crippen molar-refractivity contribution < 1.29 is 9.47 Å². The summed E-state index contributed by atoms with van der Waals surface area (Å²) in [7, 11) is 0.